The van der Waals surface area contributed by atoms with Crippen LogP contribution in [0, 0.1) is 0 Å². The van der Waals surface area contributed by atoms with Gasteiger partial charge < -0.3 is 23.7 Å². The maximum atomic E-state index is 13.0. The molecule has 132 valence electrons. The molecule has 1 heterocycles. The van der Waals surface area contributed by atoms with Gasteiger partial charge in [-0.05, 0) is 39.6 Å². The fourth-order valence-corrected chi connectivity index (χ4v) is 2.99. The lowest BCUT2D eigenvalue weighted by molar-refractivity contribution is 0.103. The van der Waals surface area contributed by atoms with Gasteiger partial charge in [0.25, 0.3) is 0 Å². The highest BCUT2D eigenvalue weighted by atomic mass is 79.9. The molecule has 0 spiro atoms. The minimum Gasteiger partial charge on any atom is -0.507 e. The molecular weight excluding hydrogens is 403 g/mol. The van der Waals surface area contributed by atoms with Crippen molar-refractivity contribution >= 4 is 46.0 Å². The maximum absolute atomic E-state index is 13.0. The van der Waals surface area contributed by atoms with Gasteiger partial charge in [0.05, 0.1) is 31.4 Å². The minimum absolute atomic E-state index is 0.0876. The summed E-state index contributed by atoms with van der Waals surface area (Å²) in [5, 5.41) is 10.4. The highest BCUT2D eigenvalue weighted by Gasteiger charge is 2.22. The third-order valence-electron chi connectivity index (χ3n) is 3.99. The number of carbonyl (C=O) groups excluding carboxylic acids is 1. The van der Waals surface area contributed by atoms with Crippen molar-refractivity contribution in [3.8, 4) is 23.0 Å². The van der Waals surface area contributed by atoms with Crippen molar-refractivity contribution < 1.29 is 28.5 Å². The number of benzene rings is 2. The zero-order valence-electron chi connectivity index (χ0n) is 14.3. The summed E-state index contributed by atoms with van der Waals surface area (Å²) in [5.41, 5.74) is 1.08. The topological polar surface area (TPSA) is 78.1 Å². The van der Waals surface area contributed by atoms with E-state index in [1.807, 2.05) is 0 Å². The van der Waals surface area contributed by atoms with Crippen molar-refractivity contribution in [1.82, 2.24) is 0 Å². The molecule has 0 aliphatic heterocycles. The molecule has 8 heteroatoms. The first kappa shape index (κ1) is 18.2. The van der Waals surface area contributed by atoms with Crippen LogP contribution >= 0.6 is 15.9 Å². The lowest BCUT2D eigenvalue weighted by Gasteiger charge is -2.13. The zero-order chi connectivity index (χ0) is 19.0. The van der Waals surface area contributed by atoms with Crippen molar-refractivity contribution in [2.75, 3.05) is 21.3 Å². The first-order valence-corrected chi connectivity index (χ1v) is 8.25. The Balaban J connectivity index is 2.18. The Morgan fingerprint density at radius 1 is 1.12 bits per heavy atom. The highest BCUT2D eigenvalue weighted by molar-refractivity contribution is 9.10. The molecule has 26 heavy (non-hydrogen) atoms. The number of hydrogen-bond acceptors (Lipinski definition) is 6. The average Bonchev–Trinajstić information content (AvgIpc) is 3.07. The molecule has 0 unspecified atom stereocenters. The second kappa shape index (κ2) is 6.95. The largest absolute Gasteiger partial charge is 0.507 e. The first-order chi connectivity index (χ1) is 12.4. The lowest BCUT2D eigenvalue weighted by Crippen LogP contribution is -2.07. The van der Waals surface area contributed by atoms with Crippen LogP contribution in [0.2, 0.25) is 0 Å². The molecule has 2 aromatic carbocycles. The van der Waals surface area contributed by atoms with Gasteiger partial charge in [-0.3, -0.25) is 4.79 Å². The number of furan rings is 1. The Labute approximate surface area is 159 Å². The second-order valence-corrected chi connectivity index (χ2v) is 6.19. The number of phenols is 1. The smallest absolute Gasteiger partial charge is 0.203 e. The van der Waals surface area contributed by atoms with E-state index in [-0.39, 0.29) is 22.6 Å². The van der Waals surface area contributed by atoms with Gasteiger partial charge in [0, 0.05) is 10.9 Å². The van der Waals surface area contributed by atoms with Gasteiger partial charge in [0.15, 0.2) is 17.3 Å². The molecular formula is C18H14BBrO6. The molecule has 0 bridgehead atoms. The number of rotatable bonds is 5. The van der Waals surface area contributed by atoms with E-state index >= 15 is 0 Å². The summed E-state index contributed by atoms with van der Waals surface area (Å²) in [6, 6.07) is 4.51. The quantitative estimate of drug-likeness (QED) is 0.509. The Morgan fingerprint density at radius 3 is 2.27 bits per heavy atom. The van der Waals surface area contributed by atoms with Gasteiger partial charge in [0.1, 0.15) is 25.4 Å². The zero-order valence-corrected chi connectivity index (χ0v) is 15.8. The van der Waals surface area contributed by atoms with Crippen molar-refractivity contribution in [2.45, 2.75) is 0 Å². The molecule has 0 saturated carbocycles. The predicted molar refractivity (Wildman–Crippen MR) is 100 cm³/mol. The fraction of sp³-hybridized carbons (Fsp3) is 0.167. The molecule has 0 aliphatic rings. The highest BCUT2D eigenvalue weighted by Crippen LogP contribution is 2.39. The molecule has 1 N–H and O–H groups in total. The van der Waals surface area contributed by atoms with E-state index in [9.17, 15) is 9.90 Å². The average molecular weight is 417 g/mol. The van der Waals surface area contributed by atoms with Crippen molar-refractivity contribution in [1.29, 1.82) is 0 Å². The van der Waals surface area contributed by atoms with Crippen molar-refractivity contribution in [3.63, 3.8) is 0 Å². The third-order valence-corrected chi connectivity index (χ3v) is 4.82. The summed E-state index contributed by atoms with van der Waals surface area (Å²) in [6.45, 7) is 0. The first-order valence-electron chi connectivity index (χ1n) is 7.45. The molecule has 2 radical (unpaired) electrons. The maximum Gasteiger partial charge on any atom is 0.203 e. The molecule has 0 fully saturated rings. The molecule has 3 rings (SSSR count). The standard InChI is InChI=1S/C18H14BBrO6/c1-23-12-4-8(5-13(24-2)18(12)25-3)16(22)10-7-26-17-9(10)6-11(21)15(20)14(17)19/h4-7,21H,1-3H3. The van der Waals surface area contributed by atoms with Crippen LogP contribution < -0.4 is 19.7 Å². The number of halogens is 1. The van der Waals surface area contributed by atoms with Crippen LogP contribution in [-0.4, -0.2) is 40.1 Å². The molecule has 0 atom stereocenters. The van der Waals surface area contributed by atoms with E-state index in [4.69, 9.17) is 26.5 Å². The van der Waals surface area contributed by atoms with Gasteiger partial charge in [-0.15, -0.1) is 0 Å². The van der Waals surface area contributed by atoms with E-state index in [1.54, 1.807) is 12.1 Å². The summed E-state index contributed by atoms with van der Waals surface area (Å²) >= 11 is 3.18. The fourth-order valence-electron chi connectivity index (χ4n) is 2.70. The lowest BCUT2D eigenvalue weighted by atomic mass is 9.92. The van der Waals surface area contributed by atoms with Crippen LogP contribution in [0.5, 0.6) is 23.0 Å². The summed E-state index contributed by atoms with van der Waals surface area (Å²) in [5.74, 6) is 0.662. The van der Waals surface area contributed by atoms with Crippen LogP contribution in [0.15, 0.2) is 33.4 Å². The monoisotopic (exact) mass is 416 g/mol. The van der Waals surface area contributed by atoms with E-state index in [1.165, 1.54) is 33.7 Å². The number of fused-ring (bicyclic) bond motifs is 1. The number of methoxy groups -OCH3 is 3. The normalized spacial score (nSPS) is 10.8. The van der Waals surface area contributed by atoms with Gasteiger partial charge in [-0.2, -0.15) is 0 Å². The van der Waals surface area contributed by atoms with E-state index < -0.39 is 0 Å². The van der Waals surface area contributed by atoms with E-state index in [0.717, 1.165) is 0 Å². The molecule has 1 aromatic heterocycles. The van der Waals surface area contributed by atoms with E-state index in [2.05, 4.69) is 15.9 Å². The Morgan fingerprint density at radius 2 is 1.73 bits per heavy atom. The third kappa shape index (κ3) is 2.80. The Bertz CT molecular complexity index is 986. The van der Waals surface area contributed by atoms with E-state index in [0.29, 0.717) is 38.3 Å². The number of carbonyl (C=O) groups is 1. The van der Waals surface area contributed by atoms with Gasteiger partial charge >= 0.3 is 0 Å². The summed E-state index contributed by atoms with van der Waals surface area (Å²) in [4.78, 5) is 13.0. The second-order valence-electron chi connectivity index (χ2n) is 5.39. The van der Waals surface area contributed by atoms with Crippen LogP contribution in [0.4, 0.5) is 0 Å². The minimum atomic E-state index is -0.343. The number of ketones is 1. The predicted octanol–water partition coefficient (Wildman–Crippen LogP) is 2.95. The molecule has 0 aliphatic carbocycles. The summed E-state index contributed by atoms with van der Waals surface area (Å²) < 4.78 is 21.6. The molecule has 6 nitrogen and oxygen atoms in total. The van der Waals surface area contributed by atoms with Crippen LogP contribution in [0.1, 0.15) is 15.9 Å². The number of hydrogen-bond donors (Lipinski definition) is 1. The van der Waals surface area contributed by atoms with Gasteiger partial charge in [-0.25, -0.2) is 0 Å². The van der Waals surface area contributed by atoms with Crippen molar-refractivity contribution in [3.05, 3.63) is 40.1 Å². The molecule has 3 aromatic rings. The van der Waals surface area contributed by atoms with Crippen LogP contribution in [0.3, 0.4) is 0 Å². The van der Waals surface area contributed by atoms with Crippen molar-refractivity contribution in [2.24, 2.45) is 0 Å². The Kier molecular flexibility index (Phi) is 4.87. The molecule has 0 amide bonds. The SMILES string of the molecule is [B]c1c(Br)c(O)cc2c(C(=O)c3cc(OC)c(OC)c(OC)c3)coc12. The molecule has 0 saturated heterocycles. The van der Waals surface area contributed by atoms with Crippen LogP contribution in [0.25, 0.3) is 11.0 Å². The number of phenolic OH excluding ortho intramolecular Hbond substituents is 1. The van der Waals surface area contributed by atoms with Crippen LogP contribution in [-0.2, 0) is 0 Å². The summed E-state index contributed by atoms with van der Waals surface area (Å²) in [7, 11) is 10.3. The Hall–Kier alpha value is -2.61. The van der Waals surface area contributed by atoms with Gasteiger partial charge in [-0.1, -0.05) is 0 Å². The number of aromatic hydroxyl groups is 1. The van der Waals surface area contributed by atoms with Gasteiger partial charge in [0.2, 0.25) is 5.75 Å². The number of ether oxygens (including phenoxy) is 3. The summed E-state index contributed by atoms with van der Waals surface area (Å²) in [6.07, 6.45) is 1.30.